The molecule has 0 aliphatic carbocycles. The molecule has 3 saturated heterocycles. The van der Waals surface area contributed by atoms with E-state index in [4.69, 9.17) is 4.74 Å². The minimum absolute atomic E-state index is 0.185. The lowest BCUT2D eigenvalue weighted by atomic mass is 9.81. The molecule has 3 aliphatic rings. The third-order valence-corrected chi connectivity index (χ3v) is 6.30. The fourth-order valence-electron chi connectivity index (χ4n) is 4.87. The molecule has 1 spiro atoms. The van der Waals surface area contributed by atoms with Crippen molar-refractivity contribution in [2.24, 2.45) is 0 Å². The summed E-state index contributed by atoms with van der Waals surface area (Å²) in [5.74, 6) is 0.764. The molecule has 23 heavy (non-hydrogen) atoms. The van der Waals surface area contributed by atoms with E-state index in [1.54, 1.807) is 0 Å². The van der Waals surface area contributed by atoms with Crippen molar-refractivity contribution in [2.75, 3.05) is 32.8 Å². The minimum Gasteiger partial charge on any atom is -0.375 e. The van der Waals surface area contributed by atoms with E-state index in [2.05, 4.69) is 40.5 Å². The average molecular weight is 314 g/mol. The molecule has 3 aliphatic heterocycles. The van der Waals surface area contributed by atoms with Gasteiger partial charge in [0, 0.05) is 12.6 Å². The zero-order valence-corrected chi connectivity index (χ0v) is 14.2. The Kier molecular flexibility index (Phi) is 4.70. The van der Waals surface area contributed by atoms with E-state index in [0.717, 1.165) is 31.7 Å². The number of hydrogen-bond donors (Lipinski definition) is 1. The predicted molar refractivity (Wildman–Crippen MR) is 93.8 cm³/mol. The molecular formula is C20H30N2O. The second kappa shape index (κ2) is 6.92. The van der Waals surface area contributed by atoms with Gasteiger partial charge in [-0.1, -0.05) is 30.3 Å². The summed E-state index contributed by atoms with van der Waals surface area (Å²) in [5.41, 5.74) is 1.72. The van der Waals surface area contributed by atoms with Crippen LogP contribution in [0.1, 0.15) is 50.0 Å². The molecule has 1 aromatic rings. The lowest BCUT2D eigenvalue weighted by Crippen LogP contribution is -2.54. The summed E-state index contributed by atoms with van der Waals surface area (Å²) in [6.07, 6.45) is 7.51. The third kappa shape index (κ3) is 3.47. The smallest absolute Gasteiger partial charge is 0.0721 e. The summed E-state index contributed by atoms with van der Waals surface area (Å²) in [6.45, 7) is 5.74. The molecule has 1 unspecified atom stereocenters. The molecular weight excluding hydrogens is 284 g/mol. The van der Waals surface area contributed by atoms with Crippen molar-refractivity contribution in [1.82, 2.24) is 10.2 Å². The van der Waals surface area contributed by atoms with Crippen LogP contribution in [0.5, 0.6) is 0 Å². The Morgan fingerprint density at radius 1 is 1.00 bits per heavy atom. The van der Waals surface area contributed by atoms with Gasteiger partial charge in [-0.2, -0.15) is 0 Å². The standard InChI is InChI=1S/C20H30N2O/c1-2-4-17(5-3-1)18-6-13-22(14-7-18)19-8-15-23-20(16-19)9-11-21-12-10-20/h1-5,18-19,21H,6-16H2. The molecule has 0 aromatic heterocycles. The molecule has 3 heterocycles. The zero-order chi connectivity index (χ0) is 15.5. The first-order chi connectivity index (χ1) is 11.3. The third-order valence-electron chi connectivity index (χ3n) is 6.30. The van der Waals surface area contributed by atoms with Crippen molar-refractivity contribution in [3.05, 3.63) is 35.9 Å². The molecule has 1 aromatic carbocycles. The van der Waals surface area contributed by atoms with Crippen molar-refractivity contribution >= 4 is 0 Å². The van der Waals surface area contributed by atoms with Gasteiger partial charge in [-0.3, -0.25) is 0 Å². The van der Waals surface area contributed by atoms with Crippen molar-refractivity contribution in [2.45, 2.75) is 56.1 Å². The van der Waals surface area contributed by atoms with E-state index >= 15 is 0 Å². The van der Waals surface area contributed by atoms with Crippen molar-refractivity contribution in [3.8, 4) is 0 Å². The highest BCUT2D eigenvalue weighted by Gasteiger charge is 2.40. The number of ether oxygens (including phenoxy) is 1. The first kappa shape index (κ1) is 15.6. The zero-order valence-electron chi connectivity index (χ0n) is 14.2. The van der Waals surface area contributed by atoms with Crippen LogP contribution in [0.4, 0.5) is 0 Å². The molecule has 4 rings (SSSR count). The normalized spacial score (nSPS) is 29.7. The first-order valence-electron chi connectivity index (χ1n) is 9.48. The molecule has 3 nitrogen and oxygen atoms in total. The van der Waals surface area contributed by atoms with Gasteiger partial charge >= 0.3 is 0 Å². The number of hydrogen-bond acceptors (Lipinski definition) is 3. The number of likely N-dealkylation sites (tertiary alicyclic amines) is 1. The van der Waals surface area contributed by atoms with Crippen molar-refractivity contribution in [3.63, 3.8) is 0 Å². The number of nitrogens with zero attached hydrogens (tertiary/aromatic N) is 1. The van der Waals surface area contributed by atoms with Crippen LogP contribution in [0.2, 0.25) is 0 Å². The van der Waals surface area contributed by atoms with E-state index in [1.807, 2.05) is 0 Å². The molecule has 0 saturated carbocycles. The fourth-order valence-corrected chi connectivity index (χ4v) is 4.87. The van der Waals surface area contributed by atoms with Gasteiger partial charge in [0.2, 0.25) is 0 Å². The molecule has 0 bridgehead atoms. The van der Waals surface area contributed by atoms with Crippen molar-refractivity contribution in [1.29, 1.82) is 0 Å². The maximum atomic E-state index is 6.25. The number of benzene rings is 1. The maximum Gasteiger partial charge on any atom is 0.0721 e. The van der Waals surface area contributed by atoms with E-state index in [1.165, 1.54) is 57.2 Å². The fraction of sp³-hybridized carbons (Fsp3) is 0.700. The van der Waals surface area contributed by atoms with Gasteiger partial charge < -0.3 is 15.0 Å². The summed E-state index contributed by atoms with van der Waals surface area (Å²) in [4.78, 5) is 2.77. The Morgan fingerprint density at radius 2 is 1.74 bits per heavy atom. The molecule has 126 valence electrons. The van der Waals surface area contributed by atoms with E-state index < -0.39 is 0 Å². The monoisotopic (exact) mass is 314 g/mol. The number of piperidine rings is 2. The van der Waals surface area contributed by atoms with Crippen LogP contribution in [-0.4, -0.2) is 49.3 Å². The summed E-state index contributed by atoms with van der Waals surface area (Å²) in [6, 6.07) is 11.8. The molecule has 3 fully saturated rings. The quantitative estimate of drug-likeness (QED) is 0.907. The van der Waals surface area contributed by atoms with Crippen LogP contribution in [0, 0.1) is 0 Å². The lowest BCUT2D eigenvalue weighted by Gasteiger charge is -2.48. The van der Waals surface area contributed by atoms with Gasteiger partial charge in [-0.25, -0.2) is 0 Å². The number of nitrogens with one attached hydrogen (secondary N) is 1. The predicted octanol–water partition coefficient (Wildman–Crippen LogP) is 3.17. The van der Waals surface area contributed by atoms with Crippen LogP contribution in [0.3, 0.4) is 0 Å². The van der Waals surface area contributed by atoms with E-state index in [0.29, 0.717) is 0 Å². The van der Waals surface area contributed by atoms with Gasteiger partial charge in [0.25, 0.3) is 0 Å². The largest absolute Gasteiger partial charge is 0.375 e. The molecule has 0 radical (unpaired) electrons. The first-order valence-corrected chi connectivity index (χ1v) is 9.48. The highest BCUT2D eigenvalue weighted by Crippen LogP contribution is 2.37. The van der Waals surface area contributed by atoms with E-state index in [9.17, 15) is 0 Å². The second-order valence-corrected chi connectivity index (χ2v) is 7.65. The Bertz CT molecular complexity index is 484. The Balaban J connectivity index is 1.35. The number of rotatable bonds is 2. The lowest BCUT2D eigenvalue weighted by molar-refractivity contribution is -0.122. The van der Waals surface area contributed by atoms with Gasteiger partial charge in [0.05, 0.1) is 5.60 Å². The van der Waals surface area contributed by atoms with Gasteiger partial charge in [0.15, 0.2) is 0 Å². The van der Waals surface area contributed by atoms with Gasteiger partial charge in [-0.15, -0.1) is 0 Å². The highest BCUT2D eigenvalue weighted by atomic mass is 16.5. The summed E-state index contributed by atoms with van der Waals surface area (Å²) in [7, 11) is 0. The second-order valence-electron chi connectivity index (χ2n) is 7.65. The van der Waals surface area contributed by atoms with Gasteiger partial charge in [-0.05, 0) is 76.2 Å². The van der Waals surface area contributed by atoms with Crippen LogP contribution < -0.4 is 5.32 Å². The molecule has 1 N–H and O–H groups in total. The molecule has 1 atom stereocenters. The van der Waals surface area contributed by atoms with Crippen LogP contribution >= 0.6 is 0 Å². The summed E-state index contributed by atoms with van der Waals surface area (Å²) in [5, 5.41) is 3.48. The minimum atomic E-state index is 0.185. The average Bonchev–Trinajstić information content (AvgIpc) is 2.63. The summed E-state index contributed by atoms with van der Waals surface area (Å²) < 4.78 is 6.25. The molecule has 0 amide bonds. The van der Waals surface area contributed by atoms with Crippen molar-refractivity contribution < 1.29 is 4.74 Å². The summed E-state index contributed by atoms with van der Waals surface area (Å²) >= 11 is 0. The Labute approximate surface area is 140 Å². The van der Waals surface area contributed by atoms with Crippen LogP contribution in [0.25, 0.3) is 0 Å². The van der Waals surface area contributed by atoms with Crippen LogP contribution in [-0.2, 0) is 4.74 Å². The highest BCUT2D eigenvalue weighted by molar-refractivity contribution is 5.20. The topological polar surface area (TPSA) is 24.5 Å². The van der Waals surface area contributed by atoms with E-state index in [-0.39, 0.29) is 5.60 Å². The molecule has 3 heteroatoms. The Morgan fingerprint density at radius 3 is 2.48 bits per heavy atom. The van der Waals surface area contributed by atoms with Gasteiger partial charge in [0.1, 0.15) is 0 Å². The maximum absolute atomic E-state index is 6.25. The Hall–Kier alpha value is -0.900. The van der Waals surface area contributed by atoms with Crippen LogP contribution in [0.15, 0.2) is 30.3 Å². The SMILES string of the molecule is c1ccc(C2CCN(C3CCOC4(CCNCC4)C3)CC2)cc1.